The summed E-state index contributed by atoms with van der Waals surface area (Å²) in [6, 6.07) is 0. The quantitative estimate of drug-likeness (QED) is 0.706. The average molecular weight is 186 g/mol. The highest BCUT2D eigenvalue weighted by Crippen LogP contribution is 2.53. The summed E-state index contributed by atoms with van der Waals surface area (Å²) < 4.78 is 11.4. The molecule has 1 aliphatic carbocycles. The normalized spacial score (nSPS) is 37.4. The molecule has 2 aliphatic rings. The van der Waals surface area contributed by atoms with Crippen molar-refractivity contribution in [1.29, 1.82) is 0 Å². The molecule has 13 heavy (non-hydrogen) atoms. The van der Waals surface area contributed by atoms with Gasteiger partial charge in [0.2, 0.25) is 0 Å². The molecule has 0 aromatic rings. The van der Waals surface area contributed by atoms with E-state index < -0.39 is 5.79 Å². The number of rotatable bonds is 2. The van der Waals surface area contributed by atoms with Crippen LogP contribution in [0.2, 0.25) is 0 Å². The SMILES string of the molecule is CCC1(CO)CCCC12OCCO2. The largest absolute Gasteiger partial charge is 0.396 e. The van der Waals surface area contributed by atoms with Crippen molar-refractivity contribution in [2.45, 2.75) is 38.4 Å². The maximum atomic E-state index is 9.48. The van der Waals surface area contributed by atoms with E-state index in [0.29, 0.717) is 13.2 Å². The van der Waals surface area contributed by atoms with Gasteiger partial charge in [-0.2, -0.15) is 0 Å². The predicted octanol–water partition coefficient (Wildman–Crippen LogP) is 1.30. The molecule has 3 nitrogen and oxygen atoms in total. The number of hydrogen-bond donors (Lipinski definition) is 1. The lowest BCUT2D eigenvalue weighted by molar-refractivity contribution is -0.232. The van der Waals surface area contributed by atoms with Gasteiger partial charge in [0.25, 0.3) is 0 Å². The minimum absolute atomic E-state index is 0.135. The summed E-state index contributed by atoms with van der Waals surface area (Å²) >= 11 is 0. The molecule has 1 aliphatic heterocycles. The third-order valence-corrected chi connectivity index (χ3v) is 3.70. The molecule has 0 amide bonds. The fraction of sp³-hybridized carbons (Fsp3) is 1.00. The van der Waals surface area contributed by atoms with Crippen LogP contribution in [0.25, 0.3) is 0 Å². The second-order valence-corrected chi connectivity index (χ2v) is 4.10. The van der Waals surface area contributed by atoms with Gasteiger partial charge in [-0.3, -0.25) is 0 Å². The zero-order valence-electron chi connectivity index (χ0n) is 8.21. The molecule has 0 radical (unpaired) electrons. The van der Waals surface area contributed by atoms with Gasteiger partial charge < -0.3 is 14.6 Å². The first kappa shape index (κ1) is 9.44. The summed E-state index contributed by atoms with van der Waals surface area (Å²) in [7, 11) is 0. The molecule has 1 unspecified atom stereocenters. The number of hydrogen-bond acceptors (Lipinski definition) is 3. The zero-order valence-corrected chi connectivity index (χ0v) is 8.21. The molecule has 0 aromatic carbocycles. The van der Waals surface area contributed by atoms with Crippen molar-refractivity contribution in [3.63, 3.8) is 0 Å². The molecule has 1 saturated heterocycles. The second-order valence-electron chi connectivity index (χ2n) is 4.10. The Kier molecular flexibility index (Phi) is 2.34. The van der Waals surface area contributed by atoms with Crippen LogP contribution in [-0.4, -0.2) is 30.7 Å². The highest BCUT2D eigenvalue weighted by molar-refractivity contribution is 5.00. The Morgan fingerprint density at radius 3 is 2.46 bits per heavy atom. The van der Waals surface area contributed by atoms with Crippen LogP contribution >= 0.6 is 0 Å². The van der Waals surface area contributed by atoms with Crippen LogP contribution in [0.4, 0.5) is 0 Å². The third kappa shape index (κ3) is 1.14. The molecule has 2 fully saturated rings. The summed E-state index contributed by atoms with van der Waals surface area (Å²) in [5.41, 5.74) is -0.135. The van der Waals surface area contributed by atoms with E-state index in [4.69, 9.17) is 9.47 Å². The molecule has 1 heterocycles. The molecule has 0 aromatic heterocycles. The topological polar surface area (TPSA) is 38.7 Å². The summed E-state index contributed by atoms with van der Waals surface area (Å²) in [5.74, 6) is -0.448. The molecule has 1 N–H and O–H groups in total. The van der Waals surface area contributed by atoms with Gasteiger partial charge in [-0.25, -0.2) is 0 Å². The molecular formula is C10H18O3. The highest BCUT2D eigenvalue weighted by Gasteiger charge is 2.57. The van der Waals surface area contributed by atoms with Crippen molar-refractivity contribution in [2.75, 3.05) is 19.8 Å². The van der Waals surface area contributed by atoms with Gasteiger partial charge in [0, 0.05) is 11.8 Å². The first-order chi connectivity index (χ1) is 6.29. The monoisotopic (exact) mass is 186 g/mol. The van der Waals surface area contributed by atoms with Gasteiger partial charge in [0.1, 0.15) is 0 Å². The first-order valence-electron chi connectivity index (χ1n) is 5.17. The Hall–Kier alpha value is -0.120. The molecule has 1 atom stereocenters. The summed E-state index contributed by atoms with van der Waals surface area (Å²) in [6.07, 6.45) is 4.01. The van der Waals surface area contributed by atoms with E-state index in [1.165, 1.54) is 0 Å². The fourth-order valence-corrected chi connectivity index (χ4v) is 2.78. The predicted molar refractivity (Wildman–Crippen MR) is 48.3 cm³/mol. The van der Waals surface area contributed by atoms with Gasteiger partial charge in [-0.15, -0.1) is 0 Å². The second kappa shape index (κ2) is 3.23. The van der Waals surface area contributed by atoms with Crippen molar-refractivity contribution < 1.29 is 14.6 Å². The zero-order chi connectivity index (χ0) is 9.36. The Balaban J connectivity index is 2.25. The third-order valence-electron chi connectivity index (χ3n) is 3.70. The lowest BCUT2D eigenvalue weighted by Gasteiger charge is -2.39. The molecule has 2 rings (SSSR count). The molecule has 3 heteroatoms. The molecule has 1 spiro atoms. The summed E-state index contributed by atoms with van der Waals surface area (Å²) in [6.45, 7) is 3.65. The van der Waals surface area contributed by atoms with E-state index in [0.717, 1.165) is 25.7 Å². The summed E-state index contributed by atoms with van der Waals surface area (Å²) in [4.78, 5) is 0. The minimum Gasteiger partial charge on any atom is -0.396 e. The molecule has 1 saturated carbocycles. The maximum absolute atomic E-state index is 9.48. The van der Waals surface area contributed by atoms with E-state index in [1.54, 1.807) is 0 Å². The van der Waals surface area contributed by atoms with E-state index in [-0.39, 0.29) is 12.0 Å². The van der Waals surface area contributed by atoms with Crippen molar-refractivity contribution in [3.8, 4) is 0 Å². The highest BCUT2D eigenvalue weighted by atomic mass is 16.7. The van der Waals surface area contributed by atoms with Crippen LogP contribution in [0.15, 0.2) is 0 Å². The van der Waals surface area contributed by atoms with Crippen LogP contribution in [0.5, 0.6) is 0 Å². The first-order valence-corrected chi connectivity index (χ1v) is 5.17. The smallest absolute Gasteiger partial charge is 0.176 e. The standard InChI is InChI=1S/C10H18O3/c1-2-9(8-11)4-3-5-10(9)12-6-7-13-10/h11H,2-8H2,1H3. The lowest BCUT2D eigenvalue weighted by Crippen LogP contribution is -2.47. The van der Waals surface area contributed by atoms with Crippen molar-refractivity contribution in [2.24, 2.45) is 5.41 Å². The number of ether oxygens (including phenoxy) is 2. The van der Waals surface area contributed by atoms with Gasteiger partial charge in [-0.05, 0) is 19.3 Å². The van der Waals surface area contributed by atoms with Crippen molar-refractivity contribution >= 4 is 0 Å². The van der Waals surface area contributed by atoms with Crippen LogP contribution in [0, 0.1) is 5.41 Å². The van der Waals surface area contributed by atoms with E-state index in [9.17, 15) is 5.11 Å². The Labute approximate surface area is 79.0 Å². The average Bonchev–Trinajstić information content (AvgIpc) is 2.76. The van der Waals surface area contributed by atoms with E-state index in [2.05, 4.69) is 6.92 Å². The van der Waals surface area contributed by atoms with Gasteiger partial charge >= 0.3 is 0 Å². The lowest BCUT2D eigenvalue weighted by atomic mass is 9.79. The minimum atomic E-state index is -0.448. The van der Waals surface area contributed by atoms with Crippen LogP contribution in [0.3, 0.4) is 0 Å². The Morgan fingerprint density at radius 2 is 1.92 bits per heavy atom. The van der Waals surface area contributed by atoms with Crippen molar-refractivity contribution in [1.82, 2.24) is 0 Å². The molecule has 76 valence electrons. The fourth-order valence-electron chi connectivity index (χ4n) is 2.78. The molecular weight excluding hydrogens is 168 g/mol. The van der Waals surface area contributed by atoms with E-state index in [1.807, 2.05) is 0 Å². The molecule has 0 bridgehead atoms. The maximum Gasteiger partial charge on any atom is 0.176 e. The van der Waals surface area contributed by atoms with Crippen LogP contribution < -0.4 is 0 Å². The number of aliphatic hydroxyl groups excluding tert-OH is 1. The van der Waals surface area contributed by atoms with Crippen LogP contribution in [-0.2, 0) is 9.47 Å². The van der Waals surface area contributed by atoms with Crippen LogP contribution in [0.1, 0.15) is 32.6 Å². The van der Waals surface area contributed by atoms with Gasteiger partial charge in [0.05, 0.1) is 19.8 Å². The Bertz CT molecular complexity index is 170. The Morgan fingerprint density at radius 1 is 1.23 bits per heavy atom. The number of aliphatic hydroxyl groups is 1. The van der Waals surface area contributed by atoms with E-state index >= 15 is 0 Å². The van der Waals surface area contributed by atoms with Gasteiger partial charge in [-0.1, -0.05) is 6.92 Å². The van der Waals surface area contributed by atoms with Crippen molar-refractivity contribution in [3.05, 3.63) is 0 Å². The van der Waals surface area contributed by atoms with Gasteiger partial charge in [0.15, 0.2) is 5.79 Å². The summed E-state index contributed by atoms with van der Waals surface area (Å²) in [5, 5.41) is 9.48.